The van der Waals surface area contributed by atoms with Crippen molar-refractivity contribution in [2.75, 3.05) is 11.9 Å². The molecule has 0 aliphatic heterocycles. The van der Waals surface area contributed by atoms with E-state index < -0.39 is 0 Å². The zero-order valence-corrected chi connectivity index (χ0v) is 17.7. The minimum absolute atomic E-state index is 0.153. The minimum Gasteiger partial charge on any atom is -0.494 e. The van der Waals surface area contributed by atoms with E-state index in [4.69, 9.17) is 4.74 Å². The number of carbonyl (C=O) groups excluding carboxylic acids is 1. The molecule has 0 spiro atoms. The highest BCUT2D eigenvalue weighted by molar-refractivity contribution is 5.95. The van der Waals surface area contributed by atoms with Crippen molar-refractivity contribution < 1.29 is 9.53 Å². The van der Waals surface area contributed by atoms with Crippen LogP contribution in [0.2, 0.25) is 0 Å². The zero-order chi connectivity index (χ0) is 22.2. The number of nitrogens with one attached hydrogen (secondary N) is 3. The predicted octanol–water partition coefficient (Wildman–Crippen LogP) is 3.81. The Morgan fingerprint density at radius 2 is 1.88 bits per heavy atom. The number of anilines is 1. The summed E-state index contributed by atoms with van der Waals surface area (Å²) in [5.74, 6) is 1.94. The number of para-hydroxylation sites is 1. The molecule has 0 fully saturated rings. The van der Waals surface area contributed by atoms with Gasteiger partial charge in [0.05, 0.1) is 13.2 Å². The normalized spacial score (nSPS) is 10.5. The average molecular weight is 428 g/mol. The number of amides is 1. The summed E-state index contributed by atoms with van der Waals surface area (Å²) in [7, 11) is 0. The smallest absolute Gasteiger partial charge is 0.251 e. The number of rotatable bonds is 9. The van der Waals surface area contributed by atoms with Gasteiger partial charge in [0.15, 0.2) is 5.82 Å². The van der Waals surface area contributed by atoms with Crippen molar-refractivity contribution in [3.63, 3.8) is 0 Å². The van der Waals surface area contributed by atoms with Gasteiger partial charge in [0.2, 0.25) is 0 Å². The number of aromatic amines is 1. The molecule has 0 aliphatic carbocycles. The van der Waals surface area contributed by atoms with Gasteiger partial charge in [0.1, 0.15) is 11.6 Å². The quantitative estimate of drug-likeness (QED) is 0.374. The van der Waals surface area contributed by atoms with Crippen molar-refractivity contribution >= 4 is 11.6 Å². The first-order valence-corrected chi connectivity index (χ1v) is 10.4. The SMILES string of the molecule is CCOc1ccccc1CNC(=O)c1cccc(NCc2nc(-c3ccncc3)n[nH]2)c1. The Labute approximate surface area is 186 Å². The summed E-state index contributed by atoms with van der Waals surface area (Å²) in [5, 5.41) is 13.4. The third-order valence-electron chi connectivity index (χ3n) is 4.77. The van der Waals surface area contributed by atoms with Gasteiger partial charge in [-0.05, 0) is 43.3 Å². The minimum atomic E-state index is -0.153. The molecule has 0 radical (unpaired) electrons. The monoisotopic (exact) mass is 428 g/mol. The first-order chi connectivity index (χ1) is 15.7. The first kappa shape index (κ1) is 21.0. The summed E-state index contributed by atoms with van der Waals surface area (Å²) in [6, 6.07) is 18.7. The maximum absolute atomic E-state index is 12.7. The lowest BCUT2D eigenvalue weighted by molar-refractivity contribution is 0.0950. The lowest BCUT2D eigenvalue weighted by Gasteiger charge is -2.11. The van der Waals surface area contributed by atoms with Crippen LogP contribution in [0.3, 0.4) is 0 Å². The van der Waals surface area contributed by atoms with Crippen molar-refractivity contribution in [1.82, 2.24) is 25.5 Å². The fraction of sp³-hybridized carbons (Fsp3) is 0.167. The van der Waals surface area contributed by atoms with E-state index in [0.29, 0.717) is 36.9 Å². The number of pyridine rings is 1. The van der Waals surface area contributed by atoms with Crippen LogP contribution in [0, 0.1) is 0 Å². The van der Waals surface area contributed by atoms with E-state index in [1.165, 1.54) is 0 Å². The van der Waals surface area contributed by atoms with Crippen LogP contribution >= 0.6 is 0 Å². The molecular weight excluding hydrogens is 404 g/mol. The number of hydrogen-bond acceptors (Lipinski definition) is 6. The zero-order valence-electron chi connectivity index (χ0n) is 17.7. The number of aromatic nitrogens is 4. The number of nitrogens with zero attached hydrogens (tertiary/aromatic N) is 3. The number of benzene rings is 2. The summed E-state index contributed by atoms with van der Waals surface area (Å²) in [6.45, 7) is 3.36. The van der Waals surface area contributed by atoms with Crippen LogP contribution in [-0.4, -0.2) is 32.7 Å². The van der Waals surface area contributed by atoms with Gasteiger partial charge >= 0.3 is 0 Å². The average Bonchev–Trinajstić information content (AvgIpc) is 3.32. The molecular formula is C24H24N6O2. The summed E-state index contributed by atoms with van der Waals surface area (Å²) in [4.78, 5) is 21.2. The molecule has 4 aromatic rings. The van der Waals surface area contributed by atoms with Crippen molar-refractivity contribution in [3.05, 3.63) is 90.0 Å². The molecule has 2 heterocycles. The van der Waals surface area contributed by atoms with E-state index in [-0.39, 0.29) is 5.91 Å². The second-order valence-corrected chi connectivity index (χ2v) is 7.00. The molecule has 3 N–H and O–H groups in total. The van der Waals surface area contributed by atoms with Gasteiger partial charge in [0.25, 0.3) is 5.91 Å². The third-order valence-corrected chi connectivity index (χ3v) is 4.77. The maximum Gasteiger partial charge on any atom is 0.251 e. The van der Waals surface area contributed by atoms with E-state index in [9.17, 15) is 4.79 Å². The number of ether oxygens (including phenoxy) is 1. The summed E-state index contributed by atoms with van der Waals surface area (Å²) in [5.41, 5.74) is 3.22. The van der Waals surface area contributed by atoms with Crippen LogP contribution in [-0.2, 0) is 13.1 Å². The van der Waals surface area contributed by atoms with Crippen molar-refractivity contribution in [1.29, 1.82) is 0 Å². The number of carbonyl (C=O) groups is 1. The molecule has 8 nitrogen and oxygen atoms in total. The predicted molar refractivity (Wildman–Crippen MR) is 122 cm³/mol. The molecule has 0 unspecified atom stereocenters. The molecule has 162 valence electrons. The van der Waals surface area contributed by atoms with Gasteiger partial charge in [-0.15, -0.1) is 0 Å². The van der Waals surface area contributed by atoms with Gasteiger partial charge in [-0.1, -0.05) is 24.3 Å². The number of hydrogen-bond donors (Lipinski definition) is 3. The fourth-order valence-electron chi connectivity index (χ4n) is 3.18. The van der Waals surface area contributed by atoms with E-state index in [0.717, 1.165) is 22.6 Å². The van der Waals surface area contributed by atoms with E-state index in [1.54, 1.807) is 18.5 Å². The Hall–Kier alpha value is -4.20. The Kier molecular flexibility index (Phi) is 6.72. The molecule has 0 atom stereocenters. The highest BCUT2D eigenvalue weighted by Gasteiger charge is 2.09. The summed E-state index contributed by atoms with van der Waals surface area (Å²) in [6.07, 6.45) is 3.41. The van der Waals surface area contributed by atoms with Crippen molar-refractivity contribution in [2.24, 2.45) is 0 Å². The first-order valence-electron chi connectivity index (χ1n) is 10.4. The van der Waals surface area contributed by atoms with Crippen molar-refractivity contribution in [3.8, 4) is 17.1 Å². The Bertz CT molecular complexity index is 1180. The van der Waals surface area contributed by atoms with Gasteiger partial charge in [-0.2, -0.15) is 5.10 Å². The van der Waals surface area contributed by atoms with Gasteiger partial charge in [-0.25, -0.2) is 4.98 Å². The van der Waals surface area contributed by atoms with Crippen LogP contribution in [0.15, 0.2) is 73.1 Å². The molecule has 8 heteroatoms. The number of H-pyrrole nitrogens is 1. The lowest BCUT2D eigenvalue weighted by atomic mass is 10.1. The lowest BCUT2D eigenvalue weighted by Crippen LogP contribution is -2.23. The largest absolute Gasteiger partial charge is 0.494 e. The molecule has 32 heavy (non-hydrogen) atoms. The second kappa shape index (κ2) is 10.2. The highest BCUT2D eigenvalue weighted by atomic mass is 16.5. The molecule has 0 bridgehead atoms. The Morgan fingerprint density at radius 1 is 1.03 bits per heavy atom. The molecule has 0 aliphatic rings. The van der Waals surface area contributed by atoms with Crippen LogP contribution in [0.4, 0.5) is 5.69 Å². The van der Waals surface area contributed by atoms with Gasteiger partial charge in [0, 0.05) is 41.3 Å². The molecule has 0 saturated carbocycles. The van der Waals surface area contributed by atoms with E-state index in [2.05, 4.69) is 30.8 Å². The maximum atomic E-state index is 12.7. The van der Waals surface area contributed by atoms with Crippen LogP contribution in [0.1, 0.15) is 28.7 Å². The van der Waals surface area contributed by atoms with E-state index in [1.807, 2.05) is 61.5 Å². The fourth-order valence-corrected chi connectivity index (χ4v) is 3.18. The van der Waals surface area contributed by atoms with Crippen LogP contribution in [0.25, 0.3) is 11.4 Å². The molecule has 0 saturated heterocycles. The van der Waals surface area contributed by atoms with Crippen LogP contribution < -0.4 is 15.4 Å². The van der Waals surface area contributed by atoms with Crippen LogP contribution in [0.5, 0.6) is 5.75 Å². The Balaban J connectivity index is 1.35. The standard InChI is InChI=1S/C24H24N6O2/c1-2-32-21-9-4-3-6-19(21)15-27-24(31)18-7-5-8-20(14-18)26-16-22-28-23(30-29-22)17-10-12-25-13-11-17/h3-14,26H,2,15-16H2,1H3,(H,27,31)(H,28,29,30). The van der Waals surface area contributed by atoms with Gasteiger partial charge in [-0.3, -0.25) is 14.9 Å². The molecule has 2 aromatic heterocycles. The van der Waals surface area contributed by atoms with Gasteiger partial charge < -0.3 is 15.4 Å². The van der Waals surface area contributed by atoms with Crippen molar-refractivity contribution in [2.45, 2.75) is 20.0 Å². The third kappa shape index (κ3) is 5.28. The highest BCUT2D eigenvalue weighted by Crippen LogP contribution is 2.18. The summed E-state index contributed by atoms with van der Waals surface area (Å²) >= 11 is 0. The summed E-state index contributed by atoms with van der Waals surface area (Å²) < 4.78 is 5.62. The topological polar surface area (TPSA) is 105 Å². The Morgan fingerprint density at radius 3 is 2.72 bits per heavy atom. The molecule has 1 amide bonds. The second-order valence-electron chi connectivity index (χ2n) is 7.00. The molecule has 2 aromatic carbocycles. The molecule has 4 rings (SSSR count). The van der Waals surface area contributed by atoms with E-state index >= 15 is 0 Å².